The van der Waals surface area contributed by atoms with Crippen LogP contribution < -0.4 is 10.2 Å². The molecule has 1 N–H and O–H groups in total. The Hall–Kier alpha value is -3.29. The minimum absolute atomic E-state index is 0.203. The number of rotatable bonds is 4. The highest BCUT2D eigenvalue weighted by Crippen LogP contribution is 2.30. The van der Waals surface area contributed by atoms with Gasteiger partial charge in [-0.15, -0.1) is 0 Å². The maximum absolute atomic E-state index is 12.9. The smallest absolute Gasteiger partial charge is 0.335 e. The Morgan fingerprint density at radius 2 is 1.67 bits per heavy atom. The van der Waals surface area contributed by atoms with Gasteiger partial charge >= 0.3 is 6.03 Å². The summed E-state index contributed by atoms with van der Waals surface area (Å²) < 4.78 is 5.73. The standard InChI is InChI=1S/C22H15ClN2O4S/c1-13-2-9-17(10-3-13)30-19-11-8-16(29-19)12-18-20(26)24-22(28)25(21(18)27)15-6-4-14(23)5-7-15/h2-12H,1H3,(H,24,26,28). The summed E-state index contributed by atoms with van der Waals surface area (Å²) in [6.45, 7) is 2.01. The van der Waals surface area contributed by atoms with Crippen LogP contribution in [-0.4, -0.2) is 17.8 Å². The zero-order valence-electron chi connectivity index (χ0n) is 15.7. The highest BCUT2D eigenvalue weighted by molar-refractivity contribution is 7.99. The first-order valence-electron chi connectivity index (χ1n) is 8.92. The number of barbiturate groups is 1. The number of hydrogen-bond acceptors (Lipinski definition) is 5. The van der Waals surface area contributed by atoms with E-state index < -0.39 is 17.8 Å². The first-order valence-corrected chi connectivity index (χ1v) is 10.1. The predicted molar refractivity (Wildman–Crippen MR) is 114 cm³/mol. The summed E-state index contributed by atoms with van der Waals surface area (Å²) in [7, 11) is 0. The van der Waals surface area contributed by atoms with Crippen molar-refractivity contribution in [1.29, 1.82) is 0 Å². The van der Waals surface area contributed by atoms with Crippen molar-refractivity contribution in [2.24, 2.45) is 0 Å². The van der Waals surface area contributed by atoms with E-state index in [0.717, 1.165) is 15.4 Å². The monoisotopic (exact) mass is 438 g/mol. The number of nitrogens with one attached hydrogen (secondary N) is 1. The van der Waals surface area contributed by atoms with Gasteiger partial charge < -0.3 is 4.42 Å². The van der Waals surface area contributed by atoms with Gasteiger partial charge in [0.2, 0.25) is 0 Å². The van der Waals surface area contributed by atoms with Crippen LogP contribution >= 0.6 is 23.4 Å². The van der Waals surface area contributed by atoms with Crippen LogP contribution in [-0.2, 0) is 9.59 Å². The number of urea groups is 1. The van der Waals surface area contributed by atoms with Gasteiger partial charge in [0.1, 0.15) is 11.3 Å². The zero-order chi connectivity index (χ0) is 21.3. The fourth-order valence-corrected chi connectivity index (χ4v) is 3.72. The van der Waals surface area contributed by atoms with Crippen molar-refractivity contribution < 1.29 is 18.8 Å². The molecular formula is C22H15ClN2O4S. The highest BCUT2D eigenvalue weighted by atomic mass is 35.5. The average molecular weight is 439 g/mol. The second-order valence-electron chi connectivity index (χ2n) is 6.51. The third-order valence-corrected chi connectivity index (χ3v) is 5.50. The number of amides is 4. The van der Waals surface area contributed by atoms with Crippen LogP contribution in [0.4, 0.5) is 10.5 Å². The van der Waals surface area contributed by atoms with Crippen molar-refractivity contribution in [3.05, 3.63) is 82.6 Å². The largest absolute Gasteiger partial charge is 0.450 e. The fraction of sp³-hybridized carbons (Fsp3) is 0.0455. The van der Waals surface area contributed by atoms with E-state index in [1.165, 1.54) is 30.0 Å². The third-order valence-electron chi connectivity index (χ3n) is 4.31. The van der Waals surface area contributed by atoms with Crippen molar-refractivity contribution in [3.63, 3.8) is 0 Å². The highest BCUT2D eigenvalue weighted by Gasteiger charge is 2.37. The lowest BCUT2D eigenvalue weighted by Gasteiger charge is -2.26. The fourth-order valence-electron chi connectivity index (χ4n) is 2.81. The van der Waals surface area contributed by atoms with E-state index in [-0.39, 0.29) is 5.57 Å². The molecule has 1 saturated heterocycles. The molecule has 2 aromatic carbocycles. The maximum Gasteiger partial charge on any atom is 0.335 e. The minimum atomic E-state index is -0.820. The van der Waals surface area contributed by atoms with Crippen LogP contribution in [0.3, 0.4) is 0 Å². The van der Waals surface area contributed by atoms with Gasteiger partial charge in [-0.25, -0.2) is 9.69 Å². The normalized spacial score (nSPS) is 15.6. The van der Waals surface area contributed by atoms with Gasteiger partial charge in [0.05, 0.1) is 5.69 Å². The molecule has 150 valence electrons. The first kappa shape index (κ1) is 20.0. The molecule has 1 aromatic heterocycles. The molecule has 8 heteroatoms. The molecule has 30 heavy (non-hydrogen) atoms. The molecule has 0 radical (unpaired) electrons. The van der Waals surface area contributed by atoms with Gasteiger partial charge in [-0.1, -0.05) is 41.1 Å². The lowest BCUT2D eigenvalue weighted by molar-refractivity contribution is -0.122. The number of halogens is 1. The van der Waals surface area contributed by atoms with Crippen LogP contribution in [0.25, 0.3) is 6.08 Å². The topological polar surface area (TPSA) is 79.6 Å². The molecule has 1 fully saturated rings. The van der Waals surface area contributed by atoms with Gasteiger partial charge in [-0.2, -0.15) is 0 Å². The van der Waals surface area contributed by atoms with Crippen molar-refractivity contribution in [2.75, 3.05) is 4.90 Å². The van der Waals surface area contributed by atoms with E-state index >= 15 is 0 Å². The van der Waals surface area contributed by atoms with Crippen LogP contribution in [0.5, 0.6) is 0 Å². The number of imide groups is 2. The Morgan fingerprint density at radius 1 is 0.967 bits per heavy atom. The predicted octanol–water partition coefficient (Wildman–Crippen LogP) is 5.06. The molecule has 3 aromatic rings. The van der Waals surface area contributed by atoms with Gasteiger partial charge in [-0.05, 0) is 61.5 Å². The molecule has 0 spiro atoms. The van der Waals surface area contributed by atoms with Gasteiger partial charge in [0.15, 0.2) is 5.09 Å². The second-order valence-corrected chi connectivity index (χ2v) is 8.02. The lowest BCUT2D eigenvalue weighted by Crippen LogP contribution is -2.54. The van der Waals surface area contributed by atoms with E-state index in [1.807, 2.05) is 31.2 Å². The Morgan fingerprint density at radius 3 is 2.37 bits per heavy atom. The number of aryl methyl sites for hydroxylation is 1. The van der Waals surface area contributed by atoms with Gasteiger partial charge in [-0.3, -0.25) is 14.9 Å². The van der Waals surface area contributed by atoms with Crippen molar-refractivity contribution in [3.8, 4) is 0 Å². The number of carbonyl (C=O) groups is 3. The maximum atomic E-state index is 12.9. The number of carbonyl (C=O) groups excluding carboxylic acids is 3. The summed E-state index contributed by atoms with van der Waals surface area (Å²) in [6, 6.07) is 16.7. The van der Waals surface area contributed by atoms with Crippen molar-refractivity contribution in [2.45, 2.75) is 16.9 Å². The van der Waals surface area contributed by atoms with E-state index in [2.05, 4.69) is 5.32 Å². The molecule has 0 atom stereocenters. The molecule has 1 aliphatic rings. The molecule has 6 nitrogen and oxygen atoms in total. The van der Waals surface area contributed by atoms with E-state index in [9.17, 15) is 14.4 Å². The molecule has 2 heterocycles. The number of furan rings is 1. The summed E-state index contributed by atoms with van der Waals surface area (Å²) in [5.74, 6) is -1.19. The van der Waals surface area contributed by atoms with Gasteiger partial charge in [0.25, 0.3) is 11.8 Å². The Kier molecular flexibility index (Phi) is 5.48. The van der Waals surface area contributed by atoms with Crippen molar-refractivity contribution in [1.82, 2.24) is 5.32 Å². The number of benzene rings is 2. The molecule has 0 unspecified atom stereocenters. The quantitative estimate of drug-likeness (QED) is 0.455. The Balaban J connectivity index is 1.59. The van der Waals surface area contributed by atoms with E-state index in [1.54, 1.807) is 24.3 Å². The molecule has 4 amide bonds. The van der Waals surface area contributed by atoms with Gasteiger partial charge in [0, 0.05) is 9.92 Å². The van der Waals surface area contributed by atoms with E-state index in [4.69, 9.17) is 16.0 Å². The summed E-state index contributed by atoms with van der Waals surface area (Å²) in [5.41, 5.74) is 1.26. The number of anilines is 1. The second kappa shape index (κ2) is 8.22. The lowest BCUT2D eigenvalue weighted by atomic mass is 10.1. The summed E-state index contributed by atoms with van der Waals surface area (Å²) in [5, 5.41) is 3.25. The molecule has 4 rings (SSSR count). The third kappa shape index (κ3) is 4.17. The number of hydrogen-bond donors (Lipinski definition) is 1. The summed E-state index contributed by atoms with van der Waals surface area (Å²) in [6.07, 6.45) is 1.33. The van der Waals surface area contributed by atoms with E-state index in [0.29, 0.717) is 21.6 Å². The molecule has 0 bridgehead atoms. The van der Waals surface area contributed by atoms with Crippen LogP contribution in [0.1, 0.15) is 11.3 Å². The average Bonchev–Trinajstić information content (AvgIpc) is 3.15. The Bertz CT molecular complexity index is 1170. The SMILES string of the molecule is Cc1ccc(Sc2ccc(C=C3C(=O)NC(=O)N(c4ccc(Cl)cc4)C3=O)o2)cc1. The van der Waals surface area contributed by atoms with Crippen LogP contribution in [0, 0.1) is 6.92 Å². The van der Waals surface area contributed by atoms with Crippen LogP contribution in [0.2, 0.25) is 5.02 Å². The number of nitrogens with zero attached hydrogens (tertiary/aromatic N) is 1. The summed E-state index contributed by atoms with van der Waals surface area (Å²) >= 11 is 7.29. The molecule has 1 aliphatic heterocycles. The first-order chi connectivity index (χ1) is 14.4. The summed E-state index contributed by atoms with van der Waals surface area (Å²) in [4.78, 5) is 39.2. The molecule has 0 saturated carbocycles. The van der Waals surface area contributed by atoms with Crippen molar-refractivity contribution >= 4 is 53.0 Å². The molecular weight excluding hydrogens is 424 g/mol. The minimum Gasteiger partial charge on any atom is -0.450 e. The Labute approximate surface area is 181 Å². The van der Waals surface area contributed by atoms with Crippen LogP contribution in [0.15, 0.2) is 80.6 Å². The zero-order valence-corrected chi connectivity index (χ0v) is 17.3. The molecule has 0 aliphatic carbocycles.